The van der Waals surface area contributed by atoms with Crippen LogP contribution in [0.4, 0.5) is 0 Å². The maximum atomic E-state index is 12.0. The lowest BCUT2D eigenvalue weighted by Gasteiger charge is -2.34. The van der Waals surface area contributed by atoms with E-state index in [-0.39, 0.29) is 42.5 Å². The molecule has 1 aliphatic heterocycles. The summed E-state index contributed by atoms with van der Waals surface area (Å²) >= 11 is 1.75. The molecule has 0 saturated carbocycles. The van der Waals surface area contributed by atoms with Crippen LogP contribution in [-0.4, -0.2) is 63.2 Å². The summed E-state index contributed by atoms with van der Waals surface area (Å²) in [5.74, 6) is 1.20. The number of ether oxygens (including phenoxy) is 1. The first-order valence-electron chi connectivity index (χ1n) is 9.35. The Morgan fingerprint density at radius 2 is 2.07 bits per heavy atom. The van der Waals surface area contributed by atoms with Crippen molar-refractivity contribution in [3.63, 3.8) is 0 Å². The van der Waals surface area contributed by atoms with Gasteiger partial charge in [-0.15, -0.1) is 35.3 Å². The number of furan rings is 1. The van der Waals surface area contributed by atoms with Gasteiger partial charge >= 0.3 is 0 Å². The van der Waals surface area contributed by atoms with Crippen molar-refractivity contribution in [3.05, 3.63) is 46.5 Å². The molecule has 3 rings (SSSR count). The second-order valence-corrected chi connectivity index (χ2v) is 7.32. The molecule has 1 atom stereocenters. The van der Waals surface area contributed by atoms with Crippen LogP contribution in [0, 0.1) is 0 Å². The largest absolute Gasteiger partial charge is 0.467 e. The Kier molecular flexibility index (Phi) is 10.5. The highest BCUT2D eigenvalue weighted by atomic mass is 127. The quantitative estimate of drug-likeness (QED) is 0.273. The zero-order chi connectivity index (χ0) is 19.6. The van der Waals surface area contributed by atoms with Gasteiger partial charge in [-0.3, -0.25) is 14.7 Å². The third-order valence-electron chi connectivity index (χ3n) is 4.50. The van der Waals surface area contributed by atoms with Gasteiger partial charge in [0.2, 0.25) is 5.91 Å². The number of rotatable bonds is 8. The first kappa shape index (κ1) is 23.6. The van der Waals surface area contributed by atoms with Gasteiger partial charge in [0, 0.05) is 31.6 Å². The van der Waals surface area contributed by atoms with Gasteiger partial charge in [-0.2, -0.15) is 0 Å². The summed E-state index contributed by atoms with van der Waals surface area (Å²) in [6, 6.07) is 8.10. The number of thiophene rings is 1. The van der Waals surface area contributed by atoms with Crippen LogP contribution < -0.4 is 16.0 Å². The highest BCUT2D eigenvalue weighted by Gasteiger charge is 2.23. The zero-order valence-electron chi connectivity index (χ0n) is 16.4. The van der Waals surface area contributed by atoms with Gasteiger partial charge in [0.15, 0.2) is 5.96 Å². The number of morpholine rings is 1. The van der Waals surface area contributed by atoms with E-state index in [0.717, 1.165) is 32.1 Å². The predicted octanol–water partition coefficient (Wildman–Crippen LogP) is 1.81. The summed E-state index contributed by atoms with van der Waals surface area (Å²) < 4.78 is 10.7. The second kappa shape index (κ2) is 12.8. The Labute approximate surface area is 192 Å². The molecule has 3 N–H and O–H groups in total. The second-order valence-electron chi connectivity index (χ2n) is 6.34. The van der Waals surface area contributed by atoms with Gasteiger partial charge in [0.1, 0.15) is 5.76 Å². The minimum atomic E-state index is -0.123. The lowest BCUT2D eigenvalue weighted by Crippen LogP contribution is -2.47. The molecular formula is C19H28IN5O3S. The maximum Gasteiger partial charge on any atom is 0.239 e. The molecule has 2 aromatic rings. The average molecular weight is 533 g/mol. The highest BCUT2D eigenvalue weighted by molar-refractivity contribution is 14.0. The first-order valence-corrected chi connectivity index (χ1v) is 10.2. The Hall–Kier alpha value is -1.63. The summed E-state index contributed by atoms with van der Waals surface area (Å²) in [5.41, 5.74) is 0. The molecule has 0 bridgehead atoms. The molecule has 0 spiro atoms. The van der Waals surface area contributed by atoms with Crippen LogP contribution in [0.2, 0.25) is 0 Å². The SMILES string of the molecule is CN=C(NCC(=O)NCc1ccco1)NCC(c1cccs1)N1CCOCC1.I. The minimum absolute atomic E-state index is 0. The monoisotopic (exact) mass is 533 g/mol. The fourth-order valence-electron chi connectivity index (χ4n) is 3.02. The molecule has 10 heteroatoms. The number of carbonyl (C=O) groups is 1. The van der Waals surface area contributed by atoms with Crippen molar-refractivity contribution in [2.24, 2.45) is 4.99 Å². The summed E-state index contributed by atoms with van der Waals surface area (Å²) in [7, 11) is 1.70. The molecule has 0 aliphatic carbocycles. The summed E-state index contributed by atoms with van der Waals surface area (Å²) in [6.07, 6.45) is 1.59. The van der Waals surface area contributed by atoms with Gasteiger partial charge in [0.25, 0.3) is 0 Å². The molecule has 160 valence electrons. The van der Waals surface area contributed by atoms with Gasteiger partial charge in [0.05, 0.1) is 38.6 Å². The number of nitrogens with zero attached hydrogens (tertiary/aromatic N) is 2. The molecule has 3 heterocycles. The standard InChI is InChI=1S/C19H27N5O3S.HI/c1-20-19(23-14-18(25)21-12-15-4-2-8-27-15)22-13-16(17-5-3-11-28-17)24-6-9-26-10-7-24;/h2-5,8,11,16H,6-7,9-10,12-14H2,1H3,(H,21,25)(H2,20,22,23);1H. The summed E-state index contributed by atoms with van der Waals surface area (Å²) in [4.78, 5) is 20.0. The van der Waals surface area contributed by atoms with Crippen molar-refractivity contribution in [2.75, 3.05) is 46.4 Å². The van der Waals surface area contributed by atoms with Crippen molar-refractivity contribution in [1.29, 1.82) is 0 Å². The average Bonchev–Trinajstić information content (AvgIpc) is 3.44. The van der Waals surface area contributed by atoms with E-state index in [1.807, 2.05) is 6.07 Å². The normalized spacial score (nSPS) is 16.0. The number of hydrogen-bond donors (Lipinski definition) is 3. The molecule has 0 radical (unpaired) electrons. The van der Waals surface area contributed by atoms with Crippen LogP contribution in [0.25, 0.3) is 0 Å². The number of amides is 1. The molecule has 0 aromatic carbocycles. The lowest BCUT2D eigenvalue weighted by molar-refractivity contribution is -0.120. The first-order chi connectivity index (χ1) is 13.8. The van der Waals surface area contributed by atoms with Crippen LogP contribution >= 0.6 is 35.3 Å². The number of carbonyl (C=O) groups excluding carboxylic acids is 1. The third-order valence-corrected chi connectivity index (χ3v) is 5.47. The smallest absolute Gasteiger partial charge is 0.239 e. The Morgan fingerprint density at radius 3 is 2.72 bits per heavy atom. The number of hydrogen-bond acceptors (Lipinski definition) is 6. The van der Waals surface area contributed by atoms with E-state index in [1.54, 1.807) is 30.7 Å². The number of guanidine groups is 1. The van der Waals surface area contributed by atoms with E-state index in [0.29, 0.717) is 19.0 Å². The third kappa shape index (κ3) is 7.61. The maximum absolute atomic E-state index is 12.0. The molecule has 1 aliphatic rings. The van der Waals surface area contributed by atoms with Gasteiger partial charge in [-0.1, -0.05) is 6.07 Å². The van der Waals surface area contributed by atoms with Crippen LogP contribution in [0.15, 0.2) is 45.3 Å². The highest BCUT2D eigenvalue weighted by Crippen LogP contribution is 2.25. The molecule has 1 amide bonds. The topological polar surface area (TPSA) is 91.1 Å². The van der Waals surface area contributed by atoms with Gasteiger partial charge < -0.3 is 25.1 Å². The Balaban J connectivity index is 0.00000300. The van der Waals surface area contributed by atoms with Gasteiger partial charge in [-0.25, -0.2) is 0 Å². The molecule has 1 saturated heterocycles. The molecular weight excluding hydrogens is 505 g/mol. The Morgan fingerprint density at radius 1 is 1.24 bits per heavy atom. The van der Waals surface area contributed by atoms with Crippen molar-refractivity contribution in [3.8, 4) is 0 Å². The van der Waals surface area contributed by atoms with E-state index in [9.17, 15) is 4.79 Å². The van der Waals surface area contributed by atoms with Crippen LogP contribution in [-0.2, 0) is 16.1 Å². The van der Waals surface area contributed by atoms with E-state index < -0.39 is 0 Å². The fourth-order valence-corrected chi connectivity index (χ4v) is 3.88. The van der Waals surface area contributed by atoms with Gasteiger partial charge in [-0.05, 0) is 23.6 Å². The number of halogens is 1. The molecule has 2 aromatic heterocycles. The van der Waals surface area contributed by atoms with Crippen molar-refractivity contribution >= 4 is 47.2 Å². The van der Waals surface area contributed by atoms with E-state index in [2.05, 4.69) is 43.4 Å². The number of nitrogens with one attached hydrogen (secondary N) is 3. The minimum Gasteiger partial charge on any atom is -0.467 e. The summed E-state index contributed by atoms with van der Waals surface area (Å²) in [6.45, 7) is 4.54. The fraction of sp³-hybridized carbons (Fsp3) is 0.474. The van der Waals surface area contributed by atoms with Crippen LogP contribution in [0.3, 0.4) is 0 Å². The molecule has 1 fully saturated rings. The number of aliphatic imine (C=N–C) groups is 1. The summed E-state index contributed by atoms with van der Waals surface area (Å²) in [5, 5.41) is 11.3. The predicted molar refractivity (Wildman–Crippen MR) is 125 cm³/mol. The zero-order valence-corrected chi connectivity index (χ0v) is 19.6. The molecule has 29 heavy (non-hydrogen) atoms. The molecule has 8 nitrogen and oxygen atoms in total. The lowest BCUT2D eigenvalue weighted by atomic mass is 10.2. The van der Waals surface area contributed by atoms with E-state index in [1.165, 1.54) is 4.88 Å². The van der Waals surface area contributed by atoms with E-state index in [4.69, 9.17) is 9.15 Å². The Bertz CT molecular complexity index is 733. The van der Waals surface area contributed by atoms with Crippen molar-refractivity contribution in [1.82, 2.24) is 20.9 Å². The van der Waals surface area contributed by atoms with Crippen LogP contribution in [0.1, 0.15) is 16.7 Å². The van der Waals surface area contributed by atoms with E-state index >= 15 is 0 Å². The van der Waals surface area contributed by atoms with Crippen molar-refractivity contribution in [2.45, 2.75) is 12.6 Å². The molecule has 1 unspecified atom stereocenters. The van der Waals surface area contributed by atoms with Crippen LogP contribution in [0.5, 0.6) is 0 Å². The van der Waals surface area contributed by atoms with Crippen molar-refractivity contribution < 1.29 is 13.9 Å².